The molecule has 1 aromatic carbocycles. The van der Waals surface area contributed by atoms with Gasteiger partial charge in [0.15, 0.2) is 5.82 Å². The minimum atomic E-state index is -0.107. The topological polar surface area (TPSA) is 62.4 Å². The molecule has 0 saturated carbocycles. The monoisotopic (exact) mass is 325 g/mol. The van der Waals surface area contributed by atoms with Crippen molar-refractivity contribution in [3.05, 3.63) is 46.0 Å². The smallest absolute Gasteiger partial charge is 0.240 e. The molecule has 5 nitrogen and oxygen atoms in total. The molecule has 0 amide bonds. The van der Waals surface area contributed by atoms with Gasteiger partial charge in [0.05, 0.1) is 19.2 Å². The summed E-state index contributed by atoms with van der Waals surface area (Å²) in [4.78, 5) is 6.15. The van der Waals surface area contributed by atoms with Gasteiger partial charge in [0.2, 0.25) is 5.89 Å². The third kappa shape index (κ3) is 3.62. The normalized spacial score (nSPS) is 12.9. The standard InChI is InChI=1S/C13H16BrN3O2/c1-9-15-13(19-16-9)7-17(2)12(8-18)10-4-3-5-11(14)6-10/h3-6,12,18H,7-8H2,1-2H3. The molecule has 2 rings (SSSR count). The predicted octanol–water partition coefficient (Wildman–Crippen LogP) is 2.31. The molecule has 1 N–H and O–H groups in total. The summed E-state index contributed by atoms with van der Waals surface area (Å²) in [5.74, 6) is 1.17. The van der Waals surface area contributed by atoms with Gasteiger partial charge in [-0.1, -0.05) is 33.2 Å². The van der Waals surface area contributed by atoms with Crippen LogP contribution in [0.4, 0.5) is 0 Å². The zero-order chi connectivity index (χ0) is 13.8. The highest BCUT2D eigenvalue weighted by Crippen LogP contribution is 2.23. The van der Waals surface area contributed by atoms with Gasteiger partial charge >= 0.3 is 0 Å². The van der Waals surface area contributed by atoms with Crippen LogP contribution in [0.25, 0.3) is 0 Å². The highest BCUT2D eigenvalue weighted by molar-refractivity contribution is 9.10. The first-order valence-corrected chi connectivity index (χ1v) is 6.75. The van der Waals surface area contributed by atoms with Crippen molar-refractivity contribution in [3.63, 3.8) is 0 Å². The molecule has 0 saturated heterocycles. The summed E-state index contributed by atoms with van der Waals surface area (Å²) in [5.41, 5.74) is 1.04. The number of aryl methyl sites for hydroxylation is 1. The van der Waals surface area contributed by atoms with E-state index in [-0.39, 0.29) is 12.6 Å². The minimum Gasteiger partial charge on any atom is -0.394 e. The van der Waals surface area contributed by atoms with Crippen LogP contribution in [0.1, 0.15) is 23.3 Å². The molecule has 1 atom stereocenters. The summed E-state index contributed by atoms with van der Waals surface area (Å²) in [6.07, 6.45) is 0. The summed E-state index contributed by atoms with van der Waals surface area (Å²) < 4.78 is 6.09. The molecule has 102 valence electrons. The predicted molar refractivity (Wildman–Crippen MR) is 74.5 cm³/mol. The first-order valence-electron chi connectivity index (χ1n) is 5.96. The van der Waals surface area contributed by atoms with Crippen molar-refractivity contribution in [1.29, 1.82) is 0 Å². The van der Waals surface area contributed by atoms with Crippen LogP contribution in [0, 0.1) is 6.92 Å². The van der Waals surface area contributed by atoms with E-state index in [1.54, 1.807) is 6.92 Å². The van der Waals surface area contributed by atoms with Gasteiger partial charge in [-0.2, -0.15) is 4.98 Å². The zero-order valence-electron chi connectivity index (χ0n) is 10.9. The molecule has 0 aliphatic carbocycles. The molecule has 0 bridgehead atoms. The Hall–Kier alpha value is -1.24. The van der Waals surface area contributed by atoms with E-state index >= 15 is 0 Å². The molecule has 2 aromatic rings. The lowest BCUT2D eigenvalue weighted by molar-refractivity contribution is 0.131. The van der Waals surface area contributed by atoms with Crippen molar-refractivity contribution in [3.8, 4) is 0 Å². The Labute approximate surface area is 120 Å². The summed E-state index contributed by atoms with van der Waals surface area (Å²) in [6.45, 7) is 2.31. The molecule has 1 unspecified atom stereocenters. The van der Waals surface area contributed by atoms with E-state index in [0.717, 1.165) is 10.0 Å². The van der Waals surface area contributed by atoms with Gasteiger partial charge in [0.25, 0.3) is 0 Å². The highest BCUT2D eigenvalue weighted by Gasteiger charge is 2.18. The lowest BCUT2D eigenvalue weighted by atomic mass is 10.1. The Morgan fingerprint density at radius 2 is 2.26 bits per heavy atom. The number of likely N-dealkylation sites (N-methyl/N-ethyl adjacent to an activating group) is 1. The number of aromatic nitrogens is 2. The Kier molecular flexibility index (Phi) is 4.68. The van der Waals surface area contributed by atoms with Crippen LogP contribution in [0.3, 0.4) is 0 Å². The zero-order valence-corrected chi connectivity index (χ0v) is 12.5. The minimum absolute atomic E-state index is 0.0278. The maximum atomic E-state index is 9.60. The molecular weight excluding hydrogens is 310 g/mol. The first-order chi connectivity index (χ1) is 9.10. The Morgan fingerprint density at radius 3 is 2.84 bits per heavy atom. The molecule has 0 spiro atoms. The summed E-state index contributed by atoms with van der Waals surface area (Å²) >= 11 is 3.44. The average Bonchev–Trinajstić information content (AvgIpc) is 2.75. The van der Waals surface area contributed by atoms with Crippen LogP contribution in [0.2, 0.25) is 0 Å². The van der Waals surface area contributed by atoms with E-state index in [4.69, 9.17) is 4.52 Å². The molecule has 6 heteroatoms. The van der Waals surface area contributed by atoms with Crippen molar-refractivity contribution in [2.45, 2.75) is 19.5 Å². The Morgan fingerprint density at radius 1 is 1.47 bits per heavy atom. The molecule has 1 heterocycles. The molecule has 19 heavy (non-hydrogen) atoms. The maximum Gasteiger partial charge on any atom is 0.240 e. The van der Waals surface area contributed by atoms with Crippen molar-refractivity contribution in [1.82, 2.24) is 15.0 Å². The van der Waals surface area contributed by atoms with Crippen LogP contribution in [-0.2, 0) is 6.54 Å². The number of aliphatic hydroxyl groups excluding tert-OH is 1. The molecule has 1 aromatic heterocycles. The van der Waals surface area contributed by atoms with Gasteiger partial charge in [-0.15, -0.1) is 0 Å². The molecule has 0 aliphatic heterocycles. The third-order valence-electron chi connectivity index (χ3n) is 2.89. The number of hydrogen-bond donors (Lipinski definition) is 1. The lowest BCUT2D eigenvalue weighted by Gasteiger charge is -2.25. The average molecular weight is 326 g/mol. The van der Waals surface area contributed by atoms with Crippen molar-refractivity contribution in [2.24, 2.45) is 0 Å². The second-order valence-electron chi connectivity index (χ2n) is 4.40. The van der Waals surface area contributed by atoms with Gasteiger partial charge < -0.3 is 9.63 Å². The second kappa shape index (κ2) is 6.27. The molecule has 0 aliphatic rings. The number of aliphatic hydroxyl groups is 1. The quantitative estimate of drug-likeness (QED) is 0.913. The summed E-state index contributed by atoms with van der Waals surface area (Å²) in [5, 5.41) is 13.4. The van der Waals surface area contributed by atoms with Crippen LogP contribution in [-0.4, -0.2) is 33.8 Å². The molecule has 0 fully saturated rings. The third-order valence-corrected chi connectivity index (χ3v) is 3.39. The SMILES string of the molecule is Cc1noc(CN(C)C(CO)c2cccc(Br)c2)n1. The Balaban J connectivity index is 2.12. The van der Waals surface area contributed by atoms with E-state index in [1.165, 1.54) is 0 Å². The molecule has 0 radical (unpaired) electrons. The van der Waals surface area contributed by atoms with E-state index < -0.39 is 0 Å². The van der Waals surface area contributed by atoms with Crippen LogP contribution in [0.5, 0.6) is 0 Å². The number of hydrogen-bond acceptors (Lipinski definition) is 5. The van der Waals surface area contributed by atoms with Crippen LogP contribution < -0.4 is 0 Å². The fourth-order valence-electron chi connectivity index (χ4n) is 1.94. The van der Waals surface area contributed by atoms with Crippen molar-refractivity contribution < 1.29 is 9.63 Å². The van der Waals surface area contributed by atoms with Crippen molar-refractivity contribution >= 4 is 15.9 Å². The van der Waals surface area contributed by atoms with Gasteiger partial charge in [0.1, 0.15) is 0 Å². The van der Waals surface area contributed by atoms with Gasteiger partial charge in [-0.3, -0.25) is 4.90 Å². The van der Waals surface area contributed by atoms with E-state index in [0.29, 0.717) is 18.3 Å². The van der Waals surface area contributed by atoms with Crippen molar-refractivity contribution in [2.75, 3.05) is 13.7 Å². The number of halogens is 1. The fourth-order valence-corrected chi connectivity index (χ4v) is 2.36. The van der Waals surface area contributed by atoms with Crippen LogP contribution >= 0.6 is 15.9 Å². The van der Waals surface area contributed by atoms with E-state index in [1.807, 2.05) is 36.2 Å². The van der Waals surface area contributed by atoms with Gasteiger partial charge in [-0.25, -0.2) is 0 Å². The number of rotatable bonds is 5. The highest BCUT2D eigenvalue weighted by atomic mass is 79.9. The second-order valence-corrected chi connectivity index (χ2v) is 5.32. The largest absolute Gasteiger partial charge is 0.394 e. The Bertz CT molecular complexity index is 544. The number of nitrogens with zero attached hydrogens (tertiary/aromatic N) is 3. The maximum absolute atomic E-state index is 9.60. The molecular formula is C13H16BrN3O2. The van der Waals surface area contributed by atoms with E-state index in [9.17, 15) is 5.11 Å². The van der Waals surface area contributed by atoms with E-state index in [2.05, 4.69) is 26.1 Å². The summed E-state index contributed by atoms with van der Waals surface area (Å²) in [6, 6.07) is 7.79. The van der Waals surface area contributed by atoms with Gasteiger partial charge in [0, 0.05) is 4.47 Å². The van der Waals surface area contributed by atoms with Gasteiger partial charge in [-0.05, 0) is 31.7 Å². The fraction of sp³-hybridized carbons (Fsp3) is 0.385. The van der Waals surface area contributed by atoms with Crippen LogP contribution in [0.15, 0.2) is 33.3 Å². The number of benzene rings is 1. The first kappa shape index (κ1) is 14.2. The summed E-state index contributed by atoms with van der Waals surface area (Å²) in [7, 11) is 1.92. The lowest BCUT2D eigenvalue weighted by Crippen LogP contribution is -2.27.